The molecule has 1 heterocycles. The summed E-state index contributed by atoms with van der Waals surface area (Å²) in [4.78, 5) is 8.36. The zero-order valence-corrected chi connectivity index (χ0v) is 11.0. The number of aromatic nitrogens is 2. The maximum Gasteiger partial charge on any atom is 0.220 e. The number of nitrogens with two attached hydrogens (primary N) is 1. The van der Waals surface area contributed by atoms with Gasteiger partial charge in [0.25, 0.3) is 0 Å². The van der Waals surface area contributed by atoms with E-state index in [0.717, 1.165) is 17.0 Å². The lowest BCUT2D eigenvalue weighted by molar-refractivity contribution is 0.477. The largest absolute Gasteiger partial charge is 0.507 e. The number of benzene rings is 1. The maximum atomic E-state index is 9.99. The molecule has 0 amide bonds. The van der Waals surface area contributed by atoms with Crippen molar-refractivity contribution in [1.29, 1.82) is 0 Å². The van der Waals surface area contributed by atoms with Crippen LogP contribution in [0.4, 0.5) is 5.95 Å². The molecule has 2 rings (SSSR count). The van der Waals surface area contributed by atoms with Gasteiger partial charge in [0.15, 0.2) is 0 Å². The number of rotatable bonds is 2. The molecule has 0 saturated carbocycles. The molecule has 5 heteroatoms. The van der Waals surface area contributed by atoms with E-state index in [1.54, 1.807) is 12.1 Å². The molecule has 3 N–H and O–H groups in total. The summed E-state index contributed by atoms with van der Waals surface area (Å²) in [7, 11) is 0. The van der Waals surface area contributed by atoms with Gasteiger partial charge in [-0.1, -0.05) is 18.5 Å². The second-order valence-electron chi connectivity index (χ2n) is 4.00. The first-order chi connectivity index (χ1) is 8.52. The molecule has 0 unspecified atom stereocenters. The lowest BCUT2D eigenvalue weighted by Gasteiger charge is -2.12. The van der Waals surface area contributed by atoms with E-state index in [1.807, 2.05) is 13.8 Å². The Morgan fingerprint density at radius 2 is 2.06 bits per heavy atom. The average molecular weight is 264 g/mol. The molecule has 18 heavy (non-hydrogen) atoms. The van der Waals surface area contributed by atoms with Crippen LogP contribution in [-0.2, 0) is 6.42 Å². The highest BCUT2D eigenvalue weighted by Gasteiger charge is 2.14. The highest BCUT2D eigenvalue weighted by molar-refractivity contribution is 6.30. The molecular formula is C13H14ClN3O. The van der Waals surface area contributed by atoms with E-state index in [0.29, 0.717) is 17.0 Å². The second-order valence-corrected chi connectivity index (χ2v) is 4.44. The van der Waals surface area contributed by atoms with Crippen molar-refractivity contribution in [1.82, 2.24) is 9.97 Å². The van der Waals surface area contributed by atoms with Crippen molar-refractivity contribution in [2.75, 3.05) is 5.73 Å². The first-order valence-corrected chi connectivity index (χ1v) is 6.02. The highest BCUT2D eigenvalue weighted by atomic mass is 35.5. The third-order valence-electron chi connectivity index (χ3n) is 2.75. The monoisotopic (exact) mass is 263 g/mol. The van der Waals surface area contributed by atoms with Crippen LogP contribution in [0.3, 0.4) is 0 Å². The van der Waals surface area contributed by atoms with Crippen LogP contribution in [0.15, 0.2) is 18.2 Å². The summed E-state index contributed by atoms with van der Waals surface area (Å²) in [5.74, 6) is 0.371. The van der Waals surface area contributed by atoms with Gasteiger partial charge in [-0.3, -0.25) is 0 Å². The first kappa shape index (κ1) is 12.6. The summed E-state index contributed by atoms with van der Waals surface area (Å²) in [6.45, 7) is 3.83. The highest BCUT2D eigenvalue weighted by Crippen LogP contribution is 2.35. The van der Waals surface area contributed by atoms with Crippen LogP contribution in [-0.4, -0.2) is 15.1 Å². The Bertz CT molecular complexity index is 599. The fourth-order valence-electron chi connectivity index (χ4n) is 1.98. The van der Waals surface area contributed by atoms with Crippen LogP contribution in [0.25, 0.3) is 11.1 Å². The van der Waals surface area contributed by atoms with Gasteiger partial charge in [-0.2, -0.15) is 0 Å². The smallest absolute Gasteiger partial charge is 0.220 e. The number of halogens is 1. The Morgan fingerprint density at radius 1 is 1.33 bits per heavy atom. The molecule has 4 nitrogen and oxygen atoms in total. The average Bonchev–Trinajstić information content (AvgIpc) is 2.29. The number of phenolic OH excluding ortho intramolecular Hbond substituents is 1. The predicted octanol–water partition coefficient (Wildman–Crippen LogP) is 2.96. The molecule has 0 aliphatic heterocycles. The van der Waals surface area contributed by atoms with Gasteiger partial charge in [0, 0.05) is 16.1 Å². The molecule has 0 saturated heterocycles. The van der Waals surface area contributed by atoms with E-state index in [4.69, 9.17) is 17.3 Å². The number of hydrogen-bond acceptors (Lipinski definition) is 4. The topological polar surface area (TPSA) is 72.0 Å². The molecular weight excluding hydrogens is 250 g/mol. The van der Waals surface area contributed by atoms with Gasteiger partial charge in [0.05, 0.1) is 11.4 Å². The maximum absolute atomic E-state index is 9.99. The molecule has 0 bridgehead atoms. The molecule has 0 aliphatic carbocycles. The quantitative estimate of drug-likeness (QED) is 0.874. The zero-order chi connectivity index (χ0) is 13.3. The van der Waals surface area contributed by atoms with Crippen LogP contribution in [0, 0.1) is 6.92 Å². The second kappa shape index (κ2) is 4.82. The Hall–Kier alpha value is -1.81. The van der Waals surface area contributed by atoms with Crippen molar-refractivity contribution in [3.63, 3.8) is 0 Å². The summed E-state index contributed by atoms with van der Waals surface area (Å²) >= 11 is 5.83. The van der Waals surface area contributed by atoms with Crippen LogP contribution in [0.1, 0.15) is 18.3 Å². The van der Waals surface area contributed by atoms with E-state index in [1.165, 1.54) is 6.07 Å². The van der Waals surface area contributed by atoms with Gasteiger partial charge in [-0.05, 0) is 31.5 Å². The normalized spacial score (nSPS) is 10.6. The zero-order valence-electron chi connectivity index (χ0n) is 10.2. The SMILES string of the molecule is CCc1nc(N)nc(C)c1-c1ccc(Cl)cc1O. The summed E-state index contributed by atoms with van der Waals surface area (Å²) < 4.78 is 0. The summed E-state index contributed by atoms with van der Waals surface area (Å²) in [6, 6.07) is 5.00. The van der Waals surface area contributed by atoms with Crippen LogP contribution in [0.2, 0.25) is 5.02 Å². The minimum Gasteiger partial charge on any atom is -0.507 e. The van der Waals surface area contributed by atoms with E-state index >= 15 is 0 Å². The lowest BCUT2D eigenvalue weighted by atomic mass is 10.00. The van der Waals surface area contributed by atoms with Gasteiger partial charge in [-0.25, -0.2) is 9.97 Å². The van der Waals surface area contributed by atoms with E-state index < -0.39 is 0 Å². The Labute approximate surface area is 110 Å². The van der Waals surface area contributed by atoms with Crippen LogP contribution < -0.4 is 5.73 Å². The van der Waals surface area contributed by atoms with Crippen molar-refractivity contribution in [2.24, 2.45) is 0 Å². The van der Waals surface area contributed by atoms with E-state index in [2.05, 4.69) is 9.97 Å². The van der Waals surface area contributed by atoms with Gasteiger partial charge < -0.3 is 10.8 Å². The number of phenols is 1. The summed E-state index contributed by atoms with van der Waals surface area (Å²) in [5.41, 5.74) is 8.70. The van der Waals surface area contributed by atoms with Gasteiger partial charge in [0.1, 0.15) is 5.75 Å². The molecule has 94 valence electrons. The molecule has 0 atom stereocenters. The fraction of sp³-hybridized carbons (Fsp3) is 0.231. The number of nitrogen functional groups attached to an aromatic ring is 1. The van der Waals surface area contributed by atoms with Crippen molar-refractivity contribution in [3.8, 4) is 16.9 Å². The first-order valence-electron chi connectivity index (χ1n) is 5.64. The van der Waals surface area contributed by atoms with E-state index in [-0.39, 0.29) is 11.7 Å². The van der Waals surface area contributed by atoms with Gasteiger partial charge in [0.2, 0.25) is 5.95 Å². The minimum atomic E-state index is 0.119. The Morgan fingerprint density at radius 3 is 2.67 bits per heavy atom. The Balaban J connectivity index is 2.70. The van der Waals surface area contributed by atoms with Gasteiger partial charge in [-0.15, -0.1) is 0 Å². The molecule has 0 aliphatic rings. The van der Waals surface area contributed by atoms with Crippen molar-refractivity contribution < 1.29 is 5.11 Å². The van der Waals surface area contributed by atoms with Crippen molar-refractivity contribution in [3.05, 3.63) is 34.6 Å². The predicted molar refractivity (Wildman–Crippen MR) is 72.7 cm³/mol. The Kier molecular flexibility index (Phi) is 3.39. The molecule has 2 aromatic rings. The number of anilines is 1. The minimum absolute atomic E-state index is 0.119. The fourth-order valence-corrected chi connectivity index (χ4v) is 2.14. The van der Waals surface area contributed by atoms with Crippen molar-refractivity contribution >= 4 is 17.5 Å². The van der Waals surface area contributed by atoms with Crippen molar-refractivity contribution in [2.45, 2.75) is 20.3 Å². The molecule has 0 spiro atoms. The molecule has 1 aromatic carbocycles. The van der Waals surface area contributed by atoms with E-state index in [9.17, 15) is 5.11 Å². The third kappa shape index (κ3) is 2.24. The standard InChI is InChI=1S/C13H14ClN3O/c1-3-10-12(7(2)16-13(15)17-10)9-5-4-8(14)6-11(9)18/h4-6,18H,3H2,1-2H3,(H2,15,16,17). The van der Waals surface area contributed by atoms with Gasteiger partial charge >= 0.3 is 0 Å². The molecule has 0 radical (unpaired) electrons. The molecule has 0 fully saturated rings. The van der Waals surface area contributed by atoms with Crippen LogP contribution in [0.5, 0.6) is 5.75 Å². The van der Waals surface area contributed by atoms with Crippen LogP contribution >= 0.6 is 11.6 Å². The number of nitrogens with zero attached hydrogens (tertiary/aromatic N) is 2. The lowest BCUT2D eigenvalue weighted by Crippen LogP contribution is -2.04. The summed E-state index contributed by atoms with van der Waals surface area (Å²) in [5, 5.41) is 10.5. The number of aryl methyl sites for hydroxylation is 2. The third-order valence-corrected chi connectivity index (χ3v) is 2.98. The number of aromatic hydroxyl groups is 1. The number of hydrogen-bond donors (Lipinski definition) is 2. The summed E-state index contributed by atoms with van der Waals surface area (Å²) in [6.07, 6.45) is 0.713. The molecule has 1 aromatic heterocycles.